The Morgan fingerprint density at radius 2 is 1.95 bits per heavy atom. The lowest BCUT2D eigenvalue weighted by Gasteiger charge is -2.32. The van der Waals surface area contributed by atoms with Crippen LogP contribution in [0.3, 0.4) is 0 Å². The van der Waals surface area contributed by atoms with Crippen molar-refractivity contribution in [1.29, 1.82) is 0 Å². The van der Waals surface area contributed by atoms with Crippen LogP contribution in [0.2, 0.25) is 0 Å². The van der Waals surface area contributed by atoms with Crippen LogP contribution in [0.25, 0.3) is 0 Å². The van der Waals surface area contributed by atoms with Crippen molar-refractivity contribution in [2.75, 3.05) is 13.6 Å². The molecule has 1 aromatic heterocycles. The van der Waals surface area contributed by atoms with Crippen molar-refractivity contribution in [2.45, 2.75) is 50.6 Å². The number of aromatic nitrogens is 3. The molecule has 0 aliphatic carbocycles. The minimum Gasteiger partial charge on any atom is -0.481 e. The van der Waals surface area contributed by atoms with Gasteiger partial charge in [-0.3, -0.25) is 9.69 Å². The summed E-state index contributed by atoms with van der Waals surface area (Å²) in [4.78, 5) is 13.6. The highest BCUT2D eigenvalue weighted by Gasteiger charge is 2.34. The Labute approximate surface area is 112 Å². The van der Waals surface area contributed by atoms with Crippen LogP contribution in [-0.4, -0.2) is 44.3 Å². The minimum absolute atomic E-state index is 0.294. The SMILES string of the molecule is CN1CCCCC1c1nnc2n1CCCC2C(=O)O. The molecular weight excluding hydrogens is 244 g/mol. The largest absolute Gasteiger partial charge is 0.481 e. The fourth-order valence-corrected chi connectivity index (χ4v) is 3.28. The second kappa shape index (κ2) is 4.92. The second-order valence-electron chi connectivity index (χ2n) is 5.59. The lowest BCUT2D eigenvalue weighted by atomic mass is 9.98. The predicted molar refractivity (Wildman–Crippen MR) is 68.9 cm³/mol. The molecule has 0 aromatic carbocycles. The highest BCUT2D eigenvalue weighted by atomic mass is 16.4. The molecule has 0 saturated carbocycles. The zero-order valence-electron chi connectivity index (χ0n) is 11.2. The molecule has 2 aliphatic rings. The summed E-state index contributed by atoms with van der Waals surface area (Å²) in [7, 11) is 2.11. The number of hydrogen-bond acceptors (Lipinski definition) is 4. The number of carbonyl (C=O) groups is 1. The van der Waals surface area contributed by atoms with Crippen LogP contribution in [0.1, 0.15) is 55.7 Å². The summed E-state index contributed by atoms with van der Waals surface area (Å²) in [5, 5.41) is 17.8. The second-order valence-corrected chi connectivity index (χ2v) is 5.59. The number of aliphatic carboxylic acids is 1. The van der Waals surface area contributed by atoms with Crippen LogP contribution in [0.15, 0.2) is 0 Å². The summed E-state index contributed by atoms with van der Waals surface area (Å²) in [6, 6.07) is 0.294. The van der Waals surface area contributed by atoms with E-state index in [9.17, 15) is 9.90 Å². The third-order valence-corrected chi connectivity index (χ3v) is 4.36. The van der Waals surface area contributed by atoms with Crippen LogP contribution >= 0.6 is 0 Å². The first-order valence-corrected chi connectivity index (χ1v) is 7.04. The van der Waals surface area contributed by atoms with Crippen molar-refractivity contribution in [3.63, 3.8) is 0 Å². The number of piperidine rings is 1. The van der Waals surface area contributed by atoms with Gasteiger partial charge in [-0.25, -0.2) is 0 Å². The van der Waals surface area contributed by atoms with E-state index in [2.05, 4.69) is 26.7 Å². The Morgan fingerprint density at radius 3 is 2.68 bits per heavy atom. The van der Waals surface area contributed by atoms with Gasteiger partial charge in [-0.15, -0.1) is 10.2 Å². The molecule has 0 amide bonds. The van der Waals surface area contributed by atoms with Gasteiger partial charge in [-0.05, 0) is 39.3 Å². The molecule has 3 heterocycles. The van der Waals surface area contributed by atoms with Crippen LogP contribution in [0, 0.1) is 0 Å². The van der Waals surface area contributed by atoms with Crippen LogP contribution in [0.4, 0.5) is 0 Å². The summed E-state index contributed by atoms with van der Waals surface area (Å²) in [6.45, 7) is 1.93. The maximum absolute atomic E-state index is 11.3. The van der Waals surface area contributed by atoms with E-state index in [1.54, 1.807) is 0 Å². The highest BCUT2D eigenvalue weighted by Crippen LogP contribution is 2.33. The zero-order chi connectivity index (χ0) is 13.4. The minimum atomic E-state index is -0.781. The fourth-order valence-electron chi connectivity index (χ4n) is 3.28. The number of hydrogen-bond donors (Lipinski definition) is 1. The maximum Gasteiger partial charge on any atom is 0.314 e. The first-order chi connectivity index (χ1) is 9.18. The standard InChI is InChI=1S/C13H20N4O2/c1-16-7-3-2-6-10(16)12-15-14-11-9(13(18)19)5-4-8-17(11)12/h9-10H,2-8H2,1H3,(H,18,19). The Bertz CT molecular complexity index is 485. The predicted octanol–water partition coefficient (Wildman–Crippen LogP) is 1.40. The van der Waals surface area contributed by atoms with Crippen molar-refractivity contribution in [1.82, 2.24) is 19.7 Å². The van der Waals surface area contributed by atoms with Crippen molar-refractivity contribution < 1.29 is 9.90 Å². The molecule has 2 unspecified atom stereocenters. The van der Waals surface area contributed by atoms with Gasteiger partial charge in [0.05, 0.1) is 6.04 Å². The van der Waals surface area contributed by atoms with Crippen molar-refractivity contribution >= 4 is 5.97 Å². The smallest absolute Gasteiger partial charge is 0.314 e. The highest BCUT2D eigenvalue weighted by molar-refractivity contribution is 5.75. The lowest BCUT2D eigenvalue weighted by molar-refractivity contribution is -0.139. The molecule has 1 fully saturated rings. The van der Waals surface area contributed by atoms with Gasteiger partial charge in [0, 0.05) is 6.54 Å². The van der Waals surface area contributed by atoms with E-state index in [0.29, 0.717) is 18.3 Å². The molecule has 0 spiro atoms. The average Bonchev–Trinajstić information content (AvgIpc) is 2.82. The molecule has 0 radical (unpaired) electrons. The molecule has 19 heavy (non-hydrogen) atoms. The van der Waals surface area contributed by atoms with Crippen molar-refractivity contribution in [3.8, 4) is 0 Å². The quantitative estimate of drug-likeness (QED) is 0.874. The molecule has 1 saturated heterocycles. The first-order valence-electron chi connectivity index (χ1n) is 7.04. The molecular formula is C13H20N4O2. The topological polar surface area (TPSA) is 71.2 Å². The molecule has 1 aromatic rings. The molecule has 104 valence electrons. The average molecular weight is 264 g/mol. The van der Waals surface area contributed by atoms with E-state index in [-0.39, 0.29) is 0 Å². The monoisotopic (exact) mass is 264 g/mol. The van der Waals surface area contributed by atoms with E-state index in [1.807, 2.05) is 0 Å². The number of nitrogens with zero attached hydrogens (tertiary/aromatic N) is 4. The summed E-state index contributed by atoms with van der Waals surface area (Å²) >= 11 is 0. The van der Waals surface area contributed by atoms with Gasteiger partial charge in [0.25, 0.3) is 0 Å². The third kappa shape index (κ3) is 2.14. The van der Waals surface area contributed by atoms with Crippen LogP contribution < -0.4 is 0 Å². The van der Waals surface area contributed by atoms with E-state index >= 15 is 0 Å². The zero-order valence-corrected chi connectivity index (χ0v) is 11.2. The van der Waals surface area contributed by atoms with Crippen LogP contribution in [0.5, 0.6) is 0 Å². The van der Waals surface area contributed by atoms with E-state index in [4.69, 9.17) is 0 Å². The fraction of sp³-hybridized carbons (Fsp3) is 0.769. The Kier molecular flexibility index (Phi) is 3.26. The van der Waals surface area contributed by atoms with Crippen molar-refractivity contribution in [3.05, 3.63) is 11.6 Å². The third-order valence-electron chi connectivity index (χ3n) is 4.36. The Hall–Kier alpha value is -1.43. The first kappa shape index (κ1) is 12.6. The van der Waals surface area contributed by atoms with Gasteiger partial charge in [-0.1, -0.05) is 6.42 Å². The van der Waals surface area contributed by atoms with Gasteiger partial charge in [0.1, 0.15) is 17.6 Å². The van der Waals surface area contributed by atoms with Gasteiger partial charge in [-0.2, -0.15) is 0 Å². The molecule has 0 bridgehead atoms. The summed E-state index contributed by atoms with van der Waals surface area (Å²) in [5.74, 6) is 0.344. The van der Waals surface area contributed by atoms with E-state index < -0.39 is 11.9 Å². The number of carboxylic acids is 1. The number of fused-ring (bicyclic) bond motifs is 1. The molecule has 6 heteroatoms. The van der Waals surface area contributed by atoms with E-state index in [0.717, 1.165) is 31.8 Å². The van der Waals surface area contributed by atoms with Crippen LogP contribution in [-0.2, 0) is 11.3 Å². The Morgan fingerprint density at radius 1 is 1.16 bits per heavy atom. The number of rotatable bonds is 2. The lowest BCUT2D eigenvalue weighted by Crippen LogP contribution is -2.33. The maximum atomic E-state index is 11.3. The van der Waals surface area contributed by atoms with Gasteiger partial charge in [0.15, 0.2) is 0 Å². The molecule has 3 rings (SSSR count). The van der Waals surface area contributed by atoms with E-state index in [1.165, 1.54) is 12.8 Å². The van der Waals surface area contributed by atoms with Gasteiger partial charge < -0.3 is 9.67 Å². The summed E-state index contributed by atoms with van der Waals surface area (Å²) in [6.07, 6.45) is 5.09. The van der Waals surface area contributed by atoms with Crippen molar-refractivity contribution in [2.24, 2.45) is 0 Å². The van der Waals surface area contributed by atoms with Gasteiger partial charge in [0.2, 0.25) is 0 Å². The molecule has 1 N–H and O–H groups in total. The van der Waals surface area contributed by atoms with Gasteiger partial charge >= 0.3 is 5.97 Å². The molecule has 2 aliphatic heterocycles. The Balaban J connectivity index is 1.94. The summed E-state index contributed by atoms with van der Waals surface area (Å²) in [5.41, 5.74) is 0. The summed E-state index contributed by atoms with van der Waals surface area (Å²) < 4.78 is 2.05. The number of likely N-dealkylation sites (tertiary alicyclic amines) is 1. The molecule has 6 nitrogen and oxygen atoms in total. The number of carboxylic acid groups (broad SMARTS) is 1. The normalized spacial score (nSPS) is 28.1. The molecule has 2 atom stereocenters.